The van der Waals surface area contributed by atoms with Crippen molar-refractivity contribution < 1.29 is 30.9 Å². The lowest BCUT2D eigenvalue weighted by Gasteiger charge is -2.24. The van der Waals surface area contributed by atoms with Gasteiger partial charge in [0.25, 0.3) is 0 Å². The zero-order chi connectivity index (χ0) is 24.0. The fourth-order valence-corrected chi connectivity index (χ4v) is 3.96. The third-order valence-electron chi connectivity index (χ3n) is 4.52. The molecule has 0 saturated carbocycles. The average Bonchev–Trinajstić information content (AvgIpc) is 3.26. The summed E-state index contributed by atoms with van der Waals surface area (Å²) in [5.41, 5.74) is 0.633. The molecule has 8 nitrogen and oxygen atoms in total. The van der Waals surface area contributed by atoms with Gasteiger partial charge in [-0.05, 0) is 61.9 Å². The van der Waals surface area contributed by atoms with E-state index in [2.05, 4.69) is 5.32 Å². The highest BCUT2D eigenvalue weighted by molar-refractivity contribution is 7.87. The van der Waals surface area contributed by atoms with Gasteiger partial charge in [-0.3, -0.25) is 0 Å². The highest BCUT2D eigenvalue weighted by atomic mass is 32.2. The van der Waals surface area contributed by atoms with Crippen molar-refractivity contribution in [2.45, 2.75) is 37.9 Å². The van der Waals surface area contributed by atoms with Crippen LogP contribution in [0.1, 0.15) is 25.2 Å². The van der Waals surface area contributed by atoms with E-state index < -0.39 is 15.9 Å². The van der Waals surface area contributed by atoms with Crippen LogP contribution in [0.2, 0.25) is 0 Å². The number of carbonyl (C=O) groups excluding carboxylic acids is 1. The van der Waals surface area contributed by atoms with Gasteiger partial charge in [-0.15, -0.1) is 0 Å². The summed E-state index contributed by atoms with van der Waals surface area (Å²) in [5, 5.41) is 2.84. The van der Waals surface area contributed by atoms with Gasteiger partial charge in [-0.1, -0.05) is 12.1 Å². The topological polar surface area (TPSA) is 98.1 Å². The van der Waals surface area contributed by atoms with Gasteiger partial charge >= 0.3 is 16.1 Å². The Bertz CT molecular complexity index is 1200. The molecule has 0 saturated heterocycles. The van der Waals surface area contributed by atoms with Crippen molar-refractivity contribution in [3.8, 4) is 11.5 Å². The molecular weight excluding hydrogens is 451 g/mol. The van der Waals surface area contributed by atoms with Gasteiger partial charge in [0.15, 0.2) is 11.6 Å². The monoisotopic (exact) mass is 476 g/mol. The van der Waals surface area contributed by atoms with Crippen LogP contribution in [0.15, 0.2) is 70.2 Å². The first kappa shape index (κ1) is 24.1. The van der Waals surface area contributed by atoms with Crippen LogP contribution in [-0.2, 0) is 23.2 Å². The molecular formula is C23H25FN2O6S. The van der Waals surface area contributed by atoms with Crippen LogP contribution in [0.25, 0.3) is 0 Å². The van der Waals surface area contributed by atoms with Crippen molar-refractivity contribution in [2.24, 2.45) is 0 Å². The molecule has 3 rings (SSSR count). The minimum Gasteiger partial charge on any atom is -0.494 e. The summed E-state index contributed by atoms with van der Waals surface area (Å²) >= 11 is 0. The number of methoxy groups -OCH3 is 1. The molecule has 10 heteroatoms. The Morgan fingerprint density at radius 2 is 1.91 bits per heavy atom. The predicted octanol–water partition coefficient (Wildman–Crippen LogP) is 4.32. The number of hydrogen-bond acceptors (Lipinski definition) is 6. The smallest absolute Gasteiger partial charge is 0.339 e. The Labute approximate surface area is 192 Å². The van der Waals surface area contributed by atoms with Crippen LogP contribution < -0.4 is 14.2 Å². The molecule has 176 valence electrons. The van der Waals surface area contributed by atoms with Crippen LogP contribution in [0.3, 0.4) is 0 Å². The van der Waals surface area contributed by atoms with E-state index in [1.165, 1.54) is 42.5 Å². The van der Waals surface area contributed by atoms with Gasteiger partial charge in [0.1, 0.15) is 16.4 Å². The summed E-state index contributed by atoms with van der Waals surface area (Å²) in [5.74, 6) is -0.260. The van der Waals surface area contributed by atoms with E-state index in [9.17, 15) is 17.6 Å². The fraction of sp³-hybridized carbons (Fsp3) is 0.261. The third kappa shape index (κ3) is 6.48. The lowest BCUT2D eigenvalue weighted by Crippen LogP contribution is -2.42. The van der Waals surface area contributed by atoms with E-state index in [1.807, 2.05) is 13.8 Å². The summed E-state index contributed by atoms with van der Waals surface area (Å²) in [6.07, 6.45) is 1.52. The van der Waals surface area contributed by atoms with Gasteiger partial charge in [0, 0.05) is 12.6 Å². The molecule has 1 heterocycles. The standard InChI is InChI=1S/C23H25FN2O6S/c1-16(2)25-23(27)26(15-19-8-5-11-31-19)14-17-6-4-7-18(12-17)32-33(28,29)20-9-10-22(30-3)21(24)13-20/h4-13,16H,14-15H2,1-3H3,(H,25,27). The molecule has 0 bridgehead atoms. The fourth-order valence-electron chi connectivity index (χ4n) is 3.02. The number of benzene rings is 2. The summed E-state index contributed by atoms with van der Waals surface area (Å²) in [4.78, 5) is 13.9. The summed E-state index contributed by atoms with van der Waals surface area (Å²) in [6.45, 7) is 4.10. The van der Waals surface area contributed by atoms with Crippen molar-refractivity contribution in [3.05, 3.63) is 78.0 Å². The van der Waals surface area contributed by atoms with Crippen molar-refractivity contribution in [1.82, 2.24) is 10.2 Å². The van der Waals surface area contributed by atoms with Crippen molar-refractivity contribution >= 4 is 16.1 Å². The Balaban J connectivity index is 1.79. The van der Waals surface area contributed by atoms with Crippen molar-refractivity contribution in [3.63, 3.8) is 0 Å². The van der Waals surface area contributed by atoms with Gasteiger partial charge in [0.2, 0.25) is 0 Å². The maximum atomic E-state index is 14.0. The molecule has 0 unspecified atom stereocenters. The normalized spacial score (nSPS) is 11.3. The molecule has 0 fully saturated rings. The van der Waals surface area contributed by atoms with Crippen molar-refractivity contribution in [1.29, 1.82) is 0 Å². The van der Waals surface area contributed by atoms with Gasteiger partial charge in [0.05, 0.1) is 19.9 Å². The van der Waals surface area contributed by atoms with Crippen LogP contribution in [0.5, 0.6) is 11.5 Å². The number of urea groups is 1. The van der Waals surface area contributed by atoms with E-state index in [-0.39, 0.29) is 41.6 Å². The van der Waals surface area contributed by atoms with E-state index in [0.717, 1.165) is 6.07 Å². The zero-order valence-corrected chi connectivity index (χ0v) is 19.3. The third-order valence-corrected chi connectivity index (χ3v) is 5.76. The summed E-state index contributed by atoms with van der Waals surface area (Å²) in [6, 6.07) is 12.7. The SMILES string of the molecule is COc1ccc(S(=O)(=O)Oc2cccc(CN(Cc3ccco3)C(=O)NC(C)C)c2)cc1F. The number of amides is 2. The van der Waals surface area contributed by atoms with Gasteiger partial charge in [-0.25, -0.2) is 9.18 Å². The molecule has 0 spiro atoms. The minimum absolute atomic E-state index is 0.0333. The number of rotatable bonds is 9. The van der Waals surface area contributed by atoms with Crippen molar-refractivity contribution in [2.75, 3.05) is 7.11 Å². The number of nitrogens with one attached hydrogen (secondary N) is 1. The molecule has 0 aliphatic heterocycles. The summed E-state index contributed by atoms with van der Waals surface area (Å²) in [7, 11) is -3.00. The number of hydrogen-bond donors (Lipinski definition) is 1. The maximum absolute atomic E-state index is 14.0. The number of nitrogens with zero attached hydrogens (tertiary/aromatic N) is 1. The van der Waals surface area contributed by atoms with Crippen LogP contribution in [0, 0.1) is 5.82 Å². The molecule has 2 aromatic carbocycles. The molecule has 3 aromatic rings. The predicted molar refractivity (Wildman–Crippen MR) is 119 cm³/mol. The average molecular weight is 477 g/mol. The molecule has 0 radical (unpaired) electrons. The zero-order valence-electron chi connectivity index (χ0n) is 18.4. The Morgan fingerprint density at radius 1 is 1.12 bits per heavy atom. The Kier molecular flexibility index (Phi) is 7.59. The number of furan rings is 1. The summed E-state index contributed by atoms with van der Waals surface area (Å²) < 4.78 is 54.5. The first-order valence-electron chi connectivity index (χ1n) is 10.1. The lowest BCUT2D eigenvalue weighted by molar-refractivity contribution is 0.184. The Hall–Kier alpha value is -3.53. The lowest BCUT2D eigenvalue weighted by atomic mass is 10.2. The molecule has 33 heavy (non-hydrogen) atoms. The minimum atomic E-state index is -4.28. The number of carbonyl (C=O) groups is 1. The number of ether oxygens (including phenoxy) is 1. The Morgan fingerprint density at radius 3 is 2.55 bits per heavy atom. The highest BCUT2D eigenvalue weighted by Crippen LogP contribution is 2.25. The van der Waals surface area contributed by atoms with E-state index in [4.69, 9.17) is 13.3 Å². The molecule has 1 N–H and O–H groups in total. The molecule has 0 atom stereocenters. The first-order valence-corrected chi connectivity index (χ1v) is 11.5. The second-order valence-corrected chi connectivity index (χ2v) is 9.07. The van der Waals surface area contributed by atoms with E-state index in [1.54, 1.807) is 24.3 Å². The second kappa shape index (κ2) is 10.4. The quantitative estimate of drug-likeness (QED) is 0.462. The maximum Gasteiger partial charge on any atom is 0.339 e. The largest absolute Gasteiger partial charge is 0.494 e. The number of halogens is 1. The molecule has 0 aliphatic rings. The second-order valence-electron chi connectivity index (χ2n) is 7.52. The first-order chi connectivity index (χ1) is 15.7. The van der Waals surface area contributed by atoms with Crippen LogP contribution >= 0.6 is 0 Å². The molecule has 2 amide bonds. The van der Waals surface area contributed by atoms with E-state index >= 15 is 0 Å². The molecule has 1 aromatic heterocycles. The van der Waals surface area contributed by atoms with Gasteiger partial charge < -0.3 is 23.6 Å². The molecule has 0 aliphatic carbocycles. The van der Waals surface area contributed by atoms with Crippen LogP contribution in [0.4, 0.5) is 9.18 Å². The highest BCUT2D eigenvalue weighted by Gasteiger charge is 2.21. The van der Waals surface area contributed by atoms with Crippen LogP contribution in [-0.4, -0.2) is 32.5 Å². The van der Waals surface area contributed by atoms with Gasteiger partial charge in [-0.2, -0.15) is 8.42 Å². The van der Waals surface area contributed by atoms with E-state index in [0.29, 0.717) is 11.3 Å².